The van der Waals surface area contributed by atoms with Gasteiger partial charge >= 0.3 is 0 Å². The zero-order valence-electron chi connectivity index (χ0n) is 14.1. The third-order valence-corrected chi connectivity index (χ3v) is 4.79. The van der Waals surface area contributed by atoms with Crippen molar-refractivity contribution in [1.29, 1.82) is 0 Å². The third kappa shape index (κ3) is 4.35. The molecule has 1 aromatic rings. The van der Waals surface area contributed by atoms with Gasteiger partial charge in [-0.05, 0) is 37.7 Å². The van der Waals surface area contributed by atoms with E-state index in [-0.39, 0.29) is 11.8 Å². The van der Waals surface area contributed by atoms with Gasteiger partial charge in [0.2, 0.25) is 11.8 Å². The van der Waals surface area contributed by atoms with Crippen molar-refractivity contribution in [3.05, 3.63) is 35.9 Å². The van der Waals surface area contributed by atoms with Crippen LogP contribution in [0.25, 0.3) is 0 Å². The molecule has 130 valence electrons. The van der Waals surface area contributed by atoms with E-state index in [1.165, 1.54) is 6.42 Å². The fourth-order valence-electron chi connectivity index (χ4n) is 3.43. The number of benzene rings is 1. The molecule has 1 N–H and O–H groups in total. The van der Waals surface area contributed by atoms with Crippen LogP contribution >= 0.6 is 0 Å². The normalized spacial score (nSPS) is 22.2. The Morgan fingerprint density at radius 2 is 1.88 bits per heavy atom. The summed E-state index contributed by atoms with van der Waals surface area (Å²) in [5.41, 5.74) is 1.06. The van der Waals surface area contributed by atoms with Crippen molar-refractivity contribution in [2.45, 2.75) is 50.7 Å². The van der Waals surface area contributed by atoms with Crippen LogP contribution in [0.3, 0.4) is 0 Å². The van der Waals surface area contributed by atoms with Gasteiger partial charge in [-0.15, -0.1) is 0 Å². The summed E-state index contributed by atoms with van der Waals surface area (Å²) in [6.45, 7) is 2.21. The van der Waals surface area contributed by atoms with Gasteiger partial charge in [-0.25, -0.2) is 0 Å². The molecular weight excluding hydrogens is 304 g/mol. The lowest BCUT2D eigenvalue weighted by atomic mass is 10.0. The third-order valence-electron chi connectivity index (χ3n) is 4.79. The molecule has 2 amide bonds. The monoisotopic (exact) mass is 330 g/mol. The molecule has 24 heavy (non-hydrogen) atoms. The highest BCUT2D eigenvalue weighted by atomic mass is 16.5. The van der Waals surface area contributed by atoms with Crippen LogP contribution < -0.4 is 5.32 Å². The van der Waals surface area contributed by atoms with Crippen molar-refractivity contribution in [2.24, 2.45) is 0 Å². The molecule has 0 spiro atoms. The second-order valence-electron chi connectivity index (χ2n) is 6.64. The molecule has 2 saturated heterocycles. The second-order valence-corrected chi connectivity index (χ2v) is 6.64. The Morgan fingerprint density at radius 1 is 1.12 bits per heavy atom. The highest BCUT2D eigenvalue weighted by Crippen LogP contribution is 2.15. The van der Waals surface area contributed by atoms with Crippen LogP contribution in [-0.2, 0) is 20.7 Å². The fourth-order valence-corrected chi connectivity index (χ4v) is 3.43. The van der Waals surface area contributed by atoms with Gasteiger partial charge in [-0.1, -0.05) is 30.3 Å². The van der Waals surface area contributed by atoms with Crippen LogP contribution in [-0.4, -0.2) is 48.6 Å². The zero-order valence-corrected chi connectivity index (χ0v) is 14.1. The molecule has 3 rings (SSSR count). The molecule has 1 unspecified atom stereocenters. The minimum Gasteiger partial charge on any atom is -0.368 e. The number of hydrogen-bond donors (Lipinski definition) is 1. The van der Waals surface area contributed by atoms with Crippen LogP contribution in [0.15, 0.2) is 30.3 Å². The van der Waals surface area contributed by atoms with Gasteiger partial charge < -0.3 is 15.0 Å². The van der Waals surface area contributed by atoms with Crippen LogP contribution in [0.2, 0.25) is 0 Å². The highest BCUT2D eigenvalue weighted by molar-refractivity contribution is 5.89. The molecule has 5 heteroatoms. The number of likely N-dealkylation sites (tertiary alicyclic amines) is 1. The summed E-state index contributed by atoms with van der Waals surface area (Å²) in [7, 11) is 0. The van der Waals surface area contributed by atoms with E-state index >= 15 is 0 Å². The topological polar surface area (TPSA) is 58.6 Å². The van der Waals surface area contributed by atoms with Crippen molar-refractivity contribution >= 4 is 11.8 Å². The summed E-state index contributed by atoms with van der Waals surface area (Å²) in [6, 6.07) is 9.35. The SMILES string of the molecule is O=C(N[C@@H](Cc1ccccc1)C(=O)N1CCCCC1)C1CCCO1. The molecule has 5 nitrogen and oxygen atoms in total. The maximum absolute atomic E-state index is 12.9. The van der Waals surface area contributed by atoms with Gasteiger partial charge in [0.05, 0.1) is 0 Å². The summed E-state index contributed by atoms with van der Waals surface area (Å²) in [4.78, 5) is 27.2. The average Bonchev–Trinajstić information content (AvgIpc) is 3.17. The van der Waals surface area contributed by atoms with E-state index in [1.54, 1.807) is 0 Å². The number of carbonyl (C=O) groups is 2. The largest absolute Gasteiger partial charge is 0.368 e. The lowest BCUT2D eigenvalue weighted by Crippen LogP contribution is -2.52. The summed E-state index contributed by atoms with van der Waals surface area (Å²) in [5.74, 6) is -0.122. The number of hydrogen-bond acceptors (Lipinski definition) is 3. The lowest BCUT2D eigenvalue weighted by Gasteiger charge is -2.31. The average molecular weight is 330 g/mol. The molecule has 2 atom stereocenters. The van der Waals surface area contributed by atoms with Gasteiger partial charge in [0.25, 0.3) is 0 Å². The van der Waals surface area contributed by atoms with E-state index in [0.717, 1.165) is 44.3 Å². The maximum atomic E-state index is 12.9. The zero-order chi connectivity index (χ0) is 16.8. The Labute approximate surface area is 143 Å². The summed E-state index contributed by atoms with van der Waals surface area (Å²) in [5, 5.41) is 2.95. The van der Waals surface area contributed by atoms with Crippen molar-refractivity contribution in [1.82, 2.24) is 10.2 Å². The Hall–Kier alpha value is -1.88. The van der Waals surface area contributed by atoms with Crippen LogP contribution in [0.1, 0.15) is 37.7 Å². The van der Waals surface area contributed by atoms with Crippen LogP contribution in [0, 0.1) is 0 Å². The van der Waals surface area contributed by atoms with Gasteiger partial charge in [-0.2, -0.15) is 0 Å². The molecule has 2 heterocycles. The van der Waals surface area contributed by atoms with Gasteiger partial charge in [0.1, 0.15) is 12.1 Å². The first-order valence-corrected chi connectivity index (χ1v) is 8.99. The molecule has 2 fully saturated rings. The Balaban J connectivity index is 1.69. The predicted octanol–water partition coefficient (Wildman–Crippen LogP) is 1.91. The Morgan fingerprint density at radius 3 is 2.54 bits per heavy atom. The molecule has 0 radical (unpaired) electrons. The first-order chi connectivity index (χ1) is 11.7. The predicted molar refractivity (Wildman–Crippen MR) is 91.5 cm³/mol. The van der Waals surface area contributed by atoms with E-state index < -0.39 is 12.1 Å². The van der Waals surface area contributed by atoms with E-state index in [4.69, 9.17) is 4.74 Å². The number of amides is 2. The number of piperidine rings is 1. The second kappa shape index (κ2) is 8.29. The molecule has 0 bridgehead atoms. The van der Waals surface area contributed by atoms with Crippen molar-refractivity contribution < 1.29 is 14.3 Å². The quantitative estimate of drug-likeness (QED) is 0.897. The molecule has 1 aromatic carbocycles. The lowest BCUT2D eigenvalue weighted by molar-refractivity contribution is -0.139. The highest BCUT2D eigenvalue weighted by Gasteiger charge is 2.31. The first-order valence-electron chi connectivity index (χ1n) is 8.99. The fraction of sp³-hybridized carbons (Fsp3) is 0.579. The minimum absolute atomic E-state index is 0.0323. The number of nitrogens with one attached hydrogen (secondary N) is 1. The molecule has 0 aliphatic carbocycles. The number of carbonyl (C=O) groups excluding carboxylic acids is 2. The van der Waals surface area contributed by atoms with Gasteiger partial charge in [0.15, 0.2) is 0 Å². The first kappa shape index (κ1) is 17.0. The minimum atomic E-state index is -0.512. The van der Waals surface area contributed by atoms with Crippen molar-refractivity contribution in [2.75, 3.05) is 19.7 Å². The number of rotatable bonds is 5. The van der Waals surface area contributed by atoms with Crippen LogP contribution in [0.4, 0.5) is 0 Å². The standard InChI is InChI=1S/C19H26N2O3/c22-18(17-10-7-13-24-17)20-16(14-15-8-3-1-4-9-15)19(23)21-11-5-2-6-12-21/h1,3-4,8-9,16-17H,2,5-7,10-14H2,(H,20,22)/t16-,17?/m0/s1. The van der Waals surface area contributed by atoms with E-state index in [9.17, 15) is 9.59 Å². The molecular formula is C19H26N2O3. The summed E-state index contributed by atoms with van der Waals surface area (Å²) >= 11 is 0. The summed E-state index contributed by atoms with van der Waals surface area (Å²) < 4.78 is 5.45. The van der Waals surface area contributed by atoms with E-state index in [2.05, 4.69) is 5.32 Å². The Bertz CT molecular complexity index is 549. The van der Waals surface area contributed by atoms with Crippen molar-refractivity contribution in [3.63, 3.8) is 0 Å². The number of ether oxygens (including phenoxy) is 1. The molecule has 2 aliphatic heterocycles. The van der Waals surface area contributed by atoms with Crippen LogP contribution in [0.5, 0.6) is 0 Å². The number of nitrogens with zero attached hydrogens (tertiary/aromatic N) is 1. The molecule has 0 aromatic heterocycles. The van der Waals surface area contributed by atoms with Gasteiger partial charge in [0, 0.05) is 26.1 Å². The molecule has 2 aliphatic rings. The van der Waals surface area contributed by atoms with E-state index in [1.807, 2.05) is 35.2 Å². The smallest absolute Gasteiger partial charge is 0.249 e. The maximum Gasteiger partial charge on any atom is 0.249 e. The van der Waals surface area contributed by atoms with E-state index in [0.29, 0.717) is 13.0 Å². The summed E-state index contributed by atoms with van der Waals surface area (Å²) in [6.07, 6.45) is 5.03. The Kier molecular flexibility index (Phi) is 5.86. The van der Waals surface area contributed by atoms with Gasteiger partial charge in [-0.3, -0.25) is 9.59 Å². The molecule has 0 saturated carbocycles. The van der Waals surface area contributed by atoms with Crippen molar-refractivity contribution in [3.8, 4) is 0 Å².